The van der Waals surface area contributed by atoms with E-state index in [9.17, 15) is 5.11 Å². The lowest BCUT2D eigenvalue weighted by Crippen LogP contribution is -1.92. The van der Waals surface area contributed by atoms with Gasteiger partial charge in [0.05, 0.1) is 7.11 Å². The summed E-state index contributed by atoms with van der Waals surface area (Å²) in [6, 6.07) is 13.4. The zero-order valence-corrected chi connectivity index (χ0v) is 13.3. The van der Waals surface area contributed by atoms with Crippen LogP contribution in [-0.2, 0) is 11.2 Å². The molecule has 0 saturated heterocycles. The molecule has 23 heavy (non-hydrogen) atoms. The Morgan fingerprint density at radius 1 is 1.04 bits per heavy atom. The monoisotopic (exact) mass is 312 g/mol. The summed E-state index contributed by atoms with van der Waals surface area (Å²) in [4.78, 5) is 0. The minimum absolute atomic E-state index is 0.118. The fourth-order valence-corrected chi connectivity index (χ4v) is 2.64. The number of rotatable bonds is 6. The van der Waals surface area contributed by atoms with E-state index in [-0.39, 0.29) is 5.75 Å². The van der Waals surface area contributed by atoms with Crippen LogP contribution in [0.1, 0.15) is 12.0 Å². The first-order valence-corrected chi connectivity index (χ1v) is 7.60. The minimum atomic E-state index is 0.118. The predicted octanol–water partition coefficient (Wildman–Crippen LogP) is 4.39. The van der Waals surface area contributed by atoms with E-state index in [2.05, 4.69) is 12.1 Å². The summed E-state index contributed by atoms with van der Waals surface area (Å²) in [6.45, 7) is 0.766. The van der Waals surface area contributed by atoms with Gasteiger partial charge < -0.3 is 19.0 Å². The van der Waals surface area contributed by atoms with Gasteiger partial charge in [0.15, 0.2) is 11.5 Å². The number of aryl methyl sites for hydroxylation is 1. The summed E-state index contributed by atoms with van der Waals surface area (Å²) in [5, 5.41) is 10.8. The number of hydrogen-bond donors (Lipinski definition) is 1. The van der Waals surface area contributed by atoms with E-state index in [0.717, 1.165) is 41.7 Å². The van der Waals surface area contributed by atoms with Crippen LogP contribution in [0.2, 0.25) is 0 Å². The van der Waals surface area contributed by atoms with Gasteiger partial charge in [0.25, 0.3) is 0 Å². The van der Waals surface area contributed by atoms with E-state index in [1.807, 2.05) is 18.2 Å². The van der Waals surface area contributed by atoms with E-state index in [0.29, 0.717) is 5.75 Å². The predicted molar refractivity (Wildman–Crippen MR) is 90.1 cm³/mol. The molecule has 0 atom stereocenters. The Morgan fingerprint density at radius 3 is 2.70 bits per heavy atom. The molecule has 120 valence electrons. The second-order valence-electron chi connectivity index (χ2n) is 5.47. The SMILES string of the molecule is COCCCc1ccc2oc(-c3ccc(O)c(OC)c3)cc2c1. The number of benzene rings is 2. The Bertz CT molecular complexity index is 804. The highest BCUT2D eigenvalue weighted by molar-refractivity contribution is 5.83. The minimum Gasteiger partial charge on any atom is -0.504 e. The largest absolute Gasteiger partial charge is 0.504 e. The molecule has 0 bridgehead atoms. The lowest BCUT2D eigenvalue weighted by atomic mass is 10.1. The van der Waals surface area contributed by atoms with Gasteiger partial charge in [-0.3, -0.25) is 0 Å². The summed E-state index contributed by atoms with van der Waals surface area (Å²) in [5.74, 6) is 1.31. The molecular formula is C19H20O4. The molecule has 0 amide bonds. The highest BCUT2D eigenvalue weighted by Crippen LogP contribution is 2.34. The number of ether oxygens (including phenoxy) is 2. The van der Waals surface area contributed by atoms with Gasteiger partial charge in [-0.2, -0.15) is 0 Å². The smallest absolute Gasteiger partial charge is 0.161 e. The van der Waals surface area contributed by atoms with Crippen LogP contribution >= 0.6 is 0 Å². The van der Waals surface area contributed by atoms with Crippen LogP contribution in [0.4, 0.5) is 0 Å². The van der Waals surface area contributed by atoms with Crippen molar-refractivity contribution in [2.75, 3.05) is 20.8 Å². The quantitative estimate of drug-likeness (QED) is 0.686. The topological polar surface area (TPSA) is 51.8 Å². The Balaban J connectivity index is 1.90. The Kier molecular flexibility index (Phi) is 4.53. The van der Waals surface area contributed by atoms with Crippen LogP contribution < -0.4 is 4.74 Å². The third kappa shape index (κ3) is 3.32. The molecular weight excluding hydrogens is 292 g/mol. The maximum absolute atomic E-state index is 9.69. The average molecular weight is 312 g/mol. The van der Waals surface area contributed by atoms with Crippen LogP contribution in [0.15, 0.2) is 46.9 Å². The number of furan rings is 1. The average Bonchev–Trinajstić information content (AvgIpc) is 2.99. The first-order chi connectivity index (χ1) is 11.2. The molecule has 2 aromatic carbocycles. The van der Waals surface area contributed by atoms with Crippen LogP contribution in [0.25, 0.3) is 22.3 Å². The van der Waals surface area contributed by atoms with Gasteiger partial charge in [0.2, 0.25) is 0 Å². The van der Waals surface area contributed by atoms with E-state index in [1.165, 1.54) is 12.7 Å². The van der Waals surface area contributed by atoms with E-state index in [4.69, 9.17) is 13.9 Å². The maximum Gasteiger partial charge on any atom is 0.161 e. The summed E-state index contributed by atoms with van der Waals surface area (Å²) >= 11 is 0. The van der Waals surface area contributed by atoms with Crippen LogP contribution in [0, 0.1) is 0 Å². The molecule has 0 saturated carbocycles. The molecule has 0 fully saturated rings. The van der Waals surface area contributed by atoms with E-state index >= 15 is 0 Å². The zero-order valence-electron chi connectivity index (χ0n) is 13.3. The van der Waals surface area contributed by atoms with Crippen molar-refractivity contribution in [3.05, 3.63) is 48.0 Å². The normalized spacial score (nSPS) is 11.0. The fourth-order valence-electron chi connectivity index (χ4n) is 2.64. The van der Waals surface area contributed by atoms with Crippen LogP contribution in [0.3, 0.4) is 0 Å². The molecule has 0 radical (unpaired) electrons. The maximum atomic E-state index is 9.69. The van der Waals surface area contributed by atoms with Crippen molar-refractivity contribution in [2.24, 2.45) is 0 Å². The van der Waals surface area contributed by atoms with Gasteiger partial charge in [-0.05, 0) is 54.8 Å². The third-order valence-electron chi connectivity index (χ3n) is 3.86. The lowest BCUT2D eigenvalue weighted by molar-refractivity contribution is 0.195. The summed E-state index contributed by atoms with van der Waals surface area (Å²) in [6.07, 6.45) is 1.99. The Hall–Kier alpha value is -2.46. The number of hydrogen-bond acceptors (Lipinski definition) is 4. The standard InChI is InChI=1S/C19H20O4/c1-21-9-3-4-13-5-8-17-15(10-13)12-18(23-17)14-6-7-16(20)19(11-14)22-2/h5-8,10-12,20H,3-4,9H2,1-2H3. The summed E-state index contributed by atoms with van der Waals surface area (Å²) in [5.41, 5.74) is 2.99. The summed E-state index contributed by atoms with van der Waals surface area (Å²) < 4.78 is 16.2. The van der Waals surface area contributed by atoms with Crippen molar-refractivity contribution in [3.63, 3.8) is 0 Å². The van der Waals surface area contributed by atoms with Crippen molar-refractivity contribution in [1.29, 1.82) is 0 Å². The molecule has 1 heterocycles. The molecule has 1 aromatic heterocycles. The Morgan fingerprint density at radius 2 is 1.91 bits per heavy atom. The first kappa shape index (κ1) is 15.4. The lowest BCUT2D eigenvalue weighted by Gasteiger charge is -2.04. The second kappa shape index (κ2) is 6.75. The summed E-state index contributed by atoms with van der Waals surface area (Å²) in [7, 11) is 3.25. The Labute approximate surface area is 135 Å². The van der Waals surface area contributed by atoms with Crippen molar-refractivity contribution < 1.29 is 19.0 Å². The van der Waals surface area contributed by atoms with E-state index < -0.39 is 0 Å². The van der Waals surface area contributed by atoms with Crippen molar-refractivity contribution in [2.45, 2.75) is 12.8 Å². The van der Waals surface area contributed by atoms with Crippen LogP contribution in [-0.4, -0.2) is 25.9 Å². The fraction of sp³-hybridized carbons (Fsp3) is 0.263. The van der Waals surface area contributed by atoms with Gasteiger partial charge in [-0.1, -0.05) is 6.07 Å². The van der Waals surface area contributed by atoms with Crippen LogP contribution in [0.5, 0.6) is 11.5 Å². The highest BCUT2D eigenvalue weighted by Gasteiger charge is 2.10. The highest BCUT2D eigenvalue weighted by atomic mass is 16.5. The molecule has 0 aliphatic carbocycles. The number of phenolic OH excluding ortho intramolecular Hbond substituents is 1. The first-order valence-electron chi connectivity index (χ1n) is 7.60. The van der Waals surface area contributed by atoms with E-state index in [1.54, 1.807) is 19.2 Å². The molecule has 3 aromatic rings. The number of methoxy groups -OCH3 is 2. The molecule has 0 unspecified atom stereocenters. The molecule has 4 nitrogen and oxygen atoms in total. The molecule has 3 rings (SSSR count). The molecule has 1 N–H and O–H groups in total. The van der Waals surface area contributed by atoms with Crippen molar-refractivity contribution in [3.8, 4) is 22.8 Å². The van der Waals surface area contributed by atoms with Gasteiger partial charge in [-0.15, -0.1) is 0 Å². The van der Waals surface area contributed by atoms with Gasteiger partial charge in [0, 0.05) is 24.7 Å². The number of aromatic hydroxyl groups is 1. The number of phenols is 1. The van der Waals surface area contributed by atoms with Gasteiger partial charge in [-0.25, -0.2) is 0 Å². The van der Waals surface area contributed by atoms with Gasteiger partial charge >= 0.3 is 0 Å². The van der Waals surface area contributed by atoms with Gasteiger partial charge in [0.1, 0.15) is 11.3 Å². The second-order valence-corrected chi connectivity index (χ2v) is 5.47. The van der Waals surface area contributed by atoms with Crippen molar-refractivity contribution >= 4 is 11.0 Å². The molecule has 0 aliphatic rings. The molecule has 4 heteroatoms. The van der Waals surface area contributed by atoms with Crippen molar-refractivity contribution in [1.82, 2.24) is 0 Å². The third-order valence-corrected chi connectivity index (χ3v) is 3.86. The molecule has 0 aliphatic heterocycles. The number of fused-ring (bicyclic) bond motifs is 1. The molecule has 0 spiro atoms. The zero-order chi connectivity index (χ0) is 16.2.